The molecule has 0 fully saturated rings. The van der Waals surface area contributed by atoms with Crippen molar-refractivity contribution in [3.05, 3.63) is 29.8 Å². The van der Waals surface area contributed by atoms with E-state index in [0.717, 1.165) is 23.9 Å². The van der Waals surface area contributed by atoms with Crippen LogP contribution >= 0.6 is 0 Å². The Labute approximate surface area is 102 Å². The molecule has 0 radical (unpaired) electrons. The molecule has 1 aromatic rings. The third kappa shape index (κ3) is 4.99. The summed E-state index contributed by atoms with van der Waals surface area (Å²) in [7, 11) is -3.09. The van der Waals surface area contributed by atoms with Crippen LogP contribution in [0.3, 0.4) is 0 Å². The summed E-state index contributed by atoms with van der Waals surface area (Å²) >= 11 is 0. The Morgan fingerprint density at radius 2 is 1.94 bits per heavy atom. The number of hydrogen-bond donors (Lipinski definition) is 1. The third-order valence-corrected chi connectivity index (χ3v) is 3.32. The van der Waals surface area contributed by atoms with Crippen LogP contribution in [0.1, 0.15) is 18.9 Å². The number of rotatable bonds is 5. The van der Waals surface area contributed by atoms with Gasteiger partial charge in [-0.2, -0.15) is 0 Å². The van der Waals surface area contributed by atoms with E-state index in [1.807, 2.05) is 31.2 Å². The zero-order valence-corrected chi connectivity index (χ0v) is 10.9. The molecular weight excluding hydrogens is 238 g/mol. The predicted molar refractivity (Wildman–Crippen MR) is 68.8 cm³/mol. The predicted octanol–water partition coefficient (Wildman–Crippen LogP) is 1.62. The Morgan fingerprint density at radius 3 is 2.53 bits per heavy atom. The quantitative estimate of drug-likeness (QED) is 0.869. The van der Waals surface area contributed by atoms with Gasteiger partial charge in [-0.05, 0) is 18.1 Å². The number of nitrogens with one attached hydrogen (secondary N) is 1. The molecule has 0 heterocycles. The molecule has 0 bridgehead atoms. The molecule has 1 aromatic carbocycles. The fourth-order valence-corrected chi connectivity index (χ4v) is 2.00. The number of hydrogen-bond acceptors (Lipinski definition) is 3. The molecule has 1 amide bonds. The van der Waals surface area contributed by atoms with Crippen molar-refractivity contribution in [2.45, 2.75) is 19.8 Å². The van der Waals surface area contributed by atoms with Crippen molar-refractivity contribution in [1.29, 1.82) is 0 Å². The second-order valence-electron chi connectivity index (χ2n) is 3.94. The van der Waals surface area contributed by atoms with Crippen LogP contribution in [0.4, 0.5) is 5.69 Å². The van der Waals surface area contributed by atoms with Crippen molar-refractivity contribution in [3.8, 4) is 0 Å². The average Bonchev–Trinajstić information content (AvgIpc) is 2.26. The maximum absolute atomic E-state index is 11.6. The van der Waals surface area contributed by atoms with Crippen molar-refractivity contribution in [2.24, 2.45) is 0 Å². The summed E-state index contributed by atoms with van der Waals surface area (Å²) in [4.78, 5) is 11.6. The molecule has 1 rings (SSSR count). The molecule has 0 aliphatic carbocycles. The van der Waals surface area contributed by atoms with Gasteiger partial charge in [0.15, 0.2) is 0 Å². The molecule has 1 N–H and O–H groups in total. The number of carbonyl (C=O) groups is 1. The van der Waals surface area contributed by atoms with E-state index in [1.54, 1.807) is 0 Å². The first kappa shape index (κ1) is 13.7. The van der Waals surface area contributed by atoms with Crippen LogP contribution in [0.25, 0.3) is 0 Å². The van der Waals surface area contributed by atoms with E-state index in [9.17, 15) is 13.2 Å². The fourth-order valence-electron chi connectivity index (χ4n) is 1.44. The van der Waals surface area contributed by atoms with E-state index >= 15 is 0 Å². The molecule has 17 heavy (non-hydrogen) atoms. The van der Waals surface area contributed by atoms with Crippen LogP contribution in [0.15, 0.2) is 24.3 Å². The van der Waals surface area contributed by atoms with Crippen molar-refractivity contribution >= 4 is 21.4 Å². The molecule has 0 aliphatic rings. The van der Waals surface area contributed by atoms with E-state index in [0.29, 0.717) is 0 Å². The first-order valence-corrected chi connectivity index (χ1v) is 7.54. The number of aryl methyl sites for hydroxylation is 1. The maximum atomic E-state index is 11.6. The molecule has 0 saturated carbocycles. The summed E-state index contributed by atoms with van der Waals surface area (Å²) in [6.07, 6.45) is 1.94. The van der Waals surface area contributed by atoms with Crippen LogP contribution in [-0.4, -0.2) is 26.3 Å². The van der Waals surface area contributed by atoms with Gasteiger partial charge in [-0.3, -0.25) is 4.79 Å². The zero-order chi connectivity index (χ0) is 12.9. The summed E-state index contributed by atoms with van der Waals surface area (Å²) in [6, 6.07) is 7.50. The Hall–Kier alpha value is -1.36. The molecule has 5 heteroatoms. The minimum atomic E-state index is -3.09. The van der Waals surface area contributed by atoms with Crippen molar-refractivity contribution in [3.63, 3.8) is 0 Å². The van der Waals surface area contributed by atoms with E-state index in [-0.39, 0.29) is 18.1 Å². The van der Waals surface area contributed by atoms with Gasteiger partial charge in [-0.1, -0.05) is 25.1 Å². The second-order valence-corrected chi connectivity index (χ2v) is 6.20. The van der Waals surface area contributed by atoms with Crippen LogP contribution in [-0.2, 0) is 21.1 Å². The Kier molecular flexibility index (Phi) is 4.69. The lowest BCUT2D eigenvalue weighted by atomic mass is 10.1. The summed E-state index contributed by atoms with van der Waals surface area (Å²) in [5.74, 6) is -0.385. The standard InChI is InChI=1S/C12H17NO3S/c1-3-10-6-4-5-7-11(10)13-12(14)8-9-17(2,15)16/h4-7H,3,8-9H2,1-2H3,(H,13,14). The number of sulfone groups is 1. The van der Waals surface area contributed by atoms with Gasteiger partial charge in [0.05, 0.1) is 5.75 Å². The van der Waals surface area contributed by atoms with Gasteiger partial charge in [0.2, 0.25) is 5.91 Å². The van der Waals surface area contributed by atoms with Crippen LogP contribution in [0, 0.1) is 0 Å². The van der Waals surface area contributed by atoms with E-state index in [4.69, 9.17) is 0 Å². The highest BCUT2D eigenvalue weighted by Crippen LogP contribution is 2.15. The largest absolute Gasteiger partial charge is 0.326 e. The third-order valence-electron chi connectivity index (χ3n) is 2.37. The summed E-state index contributed by atoms with van der Waals surface area (Å²) in [5, 5.41) is 2.73. The minimum Gasteiger partial charge on any atom is -0.326 e. The van der Waals surface area contributed by atoms with Gasteiger partial charge < -0.3 is 5.32 Å². The number of amides is 1. The summed E-state index contributed by atoms with van der Waals surface area (Å²) < 4.78 is 21.9. The van der Waals surface area contributed by atoms with Gasteiger partial charge >= 0.3 is 0 Å². The Bertz CT molecular complexity index is 494. The molecule has 94 valence electrons. The highest BCUT2D eigenvalue weighted by atomic mass is 32.2. The molecule has 0 atom stereocenters. The smallest absolute Gasteiger partial charge is 0.225 e. The fraction of sp³-hybridized carbons (Fsp3) is 0.417. The van der Waals surface area contributed by atoms with Crippen molar-refractivity contribution in [1.82, 2.24) is 0 Å². The average molecular weight is 255 g/mol. The molecule has 0 aromatic heterocycles. The minimum absolute atomic E-state index is 0.00309. The topological polar surface area (TPSA) is 63.2 Å². The van der Waals surface area contributed by atoms with Gasteiger partial charge in [0, 0.05) is 18.4 Å². The lowest BCUT2D eigenvalue weighted by Gasteiger charge is -2.09. The number of carbonyl (C=O) groups excluding carboxylic acids is 1. The van der Waals surface area contributed by atoms with E-state index < -0.39 is 9.84 Å². The van der Waals surface area contributed by atoms with Gasteiger partial charge in [0.25, 0.3) is 0 Å². The lowest BCUT2D eigenvalue weighted by Crippen LogP contribution is -2.17. The lowest BCUT2D eigenvalue weighted by molar-refractivity contribution is -0.115. The highest BCUT2D eigenvalue weighted by Gasteiger charge is 2.09. The molecule has 0 unspecified atom stereocenters. The van der Waals surface area contributed by atoms with E-state index in [2.05, 4.69) is 5.32 Å². The normalized spacial score (nSPS) is 11.2. The number of benzene rings is 1. The number of anilines is 1. The Balaban J connectivity index is 2.62. The van der Waals surface area contributed by atoms with Crippen LogP contribution < -0.4 is 5.32 Å². The molecule has 0 aliphatic heterocycles. The summed E-state index contributed by atoms with van der Waals surface area (Å²) in [5.41, 5.74) is 1.80. The number of para-hydroxylation sites is 1. The van der Waals surface area contributed by atoms with Gasteiger partial charge in [-0.15, -0.1) is 0 Å². The molecule has 4 nitrogen and oxygen atoms in total. The summed E-state index contributed by atoms with van der Waals surface area (Å²) in [6.45, 7) is 2.00. The van der Waals surface area contributed by atoms with Gasteiger partial charge in [0.1, 0.15) is 9.84 Å². The van der Waals surface area contributed by atoms with Crippen molar-refractivity contribution < 1.29 is 13.2 Å². The highest BCUT2D eigenvalue weighted by molar-refractivity contribution is 7.90. The zero-order valence-electron chi connectivity index (χ0n) is 10.1. The van der Waals surface area contributed by atoms with Crippen LogP contribution in [0.2, 0.25) is 0 Å². The molecule has 0 saturated heterocycles. The van der Waals surface area contributed by atoms with E-state index in [1.165, 1.54) is 0 Å². The van der Waals surface area contributed by atoms with Crippen molar-refractivity contribution in [2.75, 3.05) is 17.3 Å². The van der Waals surface area contributed by atoms with Crippen LogP contribution in [0.5, 0.6) is 0 Å². The first-order chi connectivity index (χ1) is 7.92. The van der Waals surface area contributed by atoms with Gasteiger partial charge in [-0.25, -0.2) is 8.42 Å². The molecular formula is C12H17NO3S. The monoisotopic (exact) mass is 255 g/mol. The first-order valence-electron chi connectivity index (χ1n) is 5.48. The molecule has 0 spiro atoms. The second kappa shape index (κ2) is 5.82. The Morgan fingerprint density at radius 1 is 1.29 bits per heavy atom. The SMILES string of the molecule is CCc1ccccc1NC(=O)CCS(C)(=O)=O. The maximum Gasteiger partial charge on any atom is 0.225 e.